The minimum atomic E-state index is -0.594. The van der Waals surface area contributed by atoms with Crippen molar-refractivity contribution in [1.29, 1.82) is 0 Å². The number of aryl methyl sites for hydroxylation is 3. The zero-order valence-electron chi connectivity index (χ0n) is 13.7. The Morgan fingerprint density at radius 1 is 1.00 bits per heavy atom. The molecular formula is C19H28O2. The molecule has 0 radical (unpaired) electrons. The smallest absolute Gasteiger partial charge is 0.309 e. The highest BCUT2D eigenvalue weighted by Gasteiger charge is 2.38. The van der Waals surface area contributed by atoms with Crippen LogP contribution in [0.2, 0.25) is 0 Å². The highest BCUT2D eigenvalue weighted by atomic mass is 16.4. The number of aliphatic carboxylic acids is 1. The molecule has 2 nitrogen and oxygen atoms in total. The van der Waals surface area contributed by atoms with Crippen LogP contribution in [0.4, 0.5) is 0 Å². The molecule has 2 heteroatoms. The lowest BCUT2D eigenvalue weighted by Gasteiger charge is -2.32. The van der Waals surface area contributed by atoms with Gasteiger partial charge in [-0.1, -0.05) is 49.8 Å². The van der Waals surface area contributed by atoms with Crippen LogP contribution in [-0.2, 0) is 11.2 Å². The number of rotatable bonds is 3. The zero-order chi connectivity index (χ0) is 15.5. The molecule has 1 saturated carbocycles. The van der Waals surface area contributed by atoms with E-state index in [4.69, 9.17) is 0 Å². The molecule has 0 unspecified atom stereocenters. The van der Waals surface area contributed by atoms with Gasteiger partial charge >= 0.3 is 5.97 Å². The Morgan fingerprint density at radius 3 is 1.95 bits per heavy atom. The third-order valence-electron chi connectivity index (χ3n) is 5.12. The van der Waals surface area contributed by atoms with Crippen LogP contribution in [0.15, 0.2) is 12.1 Å². The van der Waals surface area contributed by atoms with Gasteiger partial charge in [-0.15, -0.1) is 0 Å². The molecule has 1 fully saturated rings. The van der Waals surface area contributed by atoms with E-state index in [0.717, 1.165) is 25.7 Å². The van der Waals surface area contributed by atoms with Crippen molar-refractivity contribution in [3.63, 3.8) is 0 Å². The van der Waals surface area contributed by atoms with Crippen LogP contribution in [0.5, 0.6) is 0 Å². The van der Waals surface area contributed by atoms with Crippen LogP contribution >= 0.6 is 0 Å². The molecule has 1 aromatic carbocycles. The molecule has 0 aromatic heterocycles. The van der Waals surface area contributed by atoms with Crippen molar-refractivity contribution >= 4 is 5.97 Å². The van der Waals surface area contributed by atoms with Crippen LogP contribution in [0.25, 0.3) is 0 Å². The van der Waals surface area contributed by atoms with E-state index in [1.165, 1.54) is 41.5 Å². The molecule has 0 heterocycles. The van der Waals surface area contributed by atoms with Gasteiger partial charge in [-0.3, -0.25) is 4.79 Å². The second-order valence-corrected chi connectivity index (χ2v) is 6.91. The van der Waals surface area contributed by atoms with E-state index in [1.807, 2.05) is 0 Å². The summed E-state index contributed by atoms with van der Waals surface area (Å²) in [6.45, 7) is 6.34. The summed E-state index contributed by atoms with van der Waals surface area (Å²) in [5.74, 6) is -0.594. The van der Waals surface area contributed by atoms with Gasteiger partial charge in [0, 0.05) is 0 Å². The number of hydrogen-bond acceptors (Lipinski definition) is 1. The van der Waals surface area contributed by atoms with Crippen molar-refractivity contribution in [2.24, 2.45) is 5.41 Å². The second kappa shape index (κ2) is 6.64. The fraction of sp³-hybridized carbons (Fsp3) is 0.632. The van der Waals surface area contributed by atoms with Gasteiger partial charge in [-0.2, -0.15) is 0 Å². The molecule has 2 rings (SSSR count). The molecule has 1 N–H and O–H groups in total. The van der Waals surface area contributed by atoms with Crippen LogP contribution < -0.4 is 0 Å². The highest BCUT2D eigenvalue weighted by Crippen LogP contribution is 2.39. The summed E-state index contributed by atoms with van der Waals surface area (Å²) >= 11 is 0. The van der Waals surface area contributed by atoms with Crippen LogP contribution in [0.1, 0.15) is 67.2 Å². The topological polar surface area (TPSA) is 37.3 Å². The predicted octanol–water partition coefficient (Wildman–Crippen LogP) is 4.97. The third kappa shape index (κ3) is 3.66. The molecule has 1 aliphatic rings. The summed E-state index contributed by atoms with van der Waals surface area (Å²) in [6, 6.07) is 4.36. The van der Waals surface area contributed by atoms with E-state index < -0.39 is 11.4 Å². The molecule has 0 saturated heterocycles. The Balaban J connectivity index is 2.33. The molecular weight excluding hydrogens is 260 g/mol. The van der Waals surface area contributed by atoms with Gasteiger partial charge in [0.1, 0.15) is 0 Å². The molecule has 21 heavy (non-hydrogen) atoms. The molecule has 116 valence electrons. The van der Waals surface area contributed by atoms with Gasteiger partial charge in [-0.25, -0.2) is 0 Å². The quantitative estimate of drug-likeness (QED) is 0.852. The number of benzene rings is 1. The lowest BCUT2D eigenvalue weighted by Crippen LogP contribution is -2.34. The summed E-state index contributed by atoms with van der Waals surface area (Å²) in [4.78, 5) is 12.0. The maximum atomic E-state index is 12.0. The molecule has 0 amide bonds. The monoisotopic (exact) mass is 288 g/mol. The summed E-state index contributed by atoms with van der Waals surface area (Å²) < 4.78 is 0. The lowest BCUT2D eigenvalue weighted by atomic mass is 9.71. The first-order valence-corrected chi connectivity index (χ1v) is 8.25. The van der Waals surface area contributed by atoms with Crippen molar-refractivity contribution in [3.05, 3.63) is 34.4 Å². The standard InChI is InChI=1S/C19H28O2/c1-14-11-15(2)17(16(3)12-14)13-19(18(20)21)9-7-5-4-6-8-10-19/h11-12H,4-10,13H2,1-3H3,(H,20,21). The van der Waals surface area contributed by atoms with E-state index in [1.54, 1.807) is 0 Å². The first-order chi connectivity index (χ1) is 9.94. The average Bonchev–Trinajstić information content (AvgIpc) is 2.35. The molecule has 0 bridgehead atoms. The van der Waals surface area contributed by atoms with Crippen molar-refractivity contribution in [2.45, 2.75) is 72.1 Å². The van der Waals surface area contributed by atoms with E-state index in [2.05, 4.69) is 32.9 Å². The lowest BCUT2D eigenvalue weighted by molar-refractivity contribution is -0.150. The number of carboxylic acid groups (broad SMARTS) is 1. The van der Waals surface area contributed by atoms with Crippen molar-refractivity contribution in [1.82, 2.24) is 0 Å². The van der Waals surface area contributed by atoms with Gasteiger partial charge in [-0.05, 0) is 56.7 Å². The number of carbonyl (C=O) groups is 1. The predicted molar refractivity (Wildman–Crippen MR) is 86.7 cm³/mol. The summed E-state index contributed by atoms with van der Waals surface area (Å²) in [5.41, 5.74) is 4.45. The third-order valence-corrected chi connectivity index (χ3v) is 5.12. The fourth-order valence-electron chi connectivity index (χ4n) is 3.88. The first-order valence-electron chi connectivity index (χ1n) is 8.25. The van der Waals surface area contributed by atoms with Crippen molar-refractivity contribution in [2.75, 3.05) is 0 Å². The van der Waals surface area contributed by atoms with Crippen molar-refractivity contribution < 1.29 is 9.90 Å². The fourth-order valence-corrected chi connectivity index (χ4v) is 3.88. The number of carboxylic acids is 1. The minimum absolute atomic E-state index is 0.550. The van der Waals surface area contributed by atoms with Crippen LogP contribution in [0.3, 0.4) is 0 Å². The Hall–Kier alpha value is -1.31. The summed E-state index contributed by atoms with van der Waals surface area (Å²) in [5, 5.41) is 9.90. The van der Waals surface area contributed by atoms with Crippen molar-refractivity contribution in [3.8, 4) is 0 Å². The zero-order valence-corrected chi connectivity index (χ0v) is 13.7. The Kier molecular flexibility index (Phi) is 5.08. The first kappa shape index (κ1) is 16.1. The normalized spacial score (nSPS) is 18.8. The largest absolute Gasteiger partial charge is 0.481 e. The molecule has 1 aliphatic carbocycles. The Bertz CT molecular complexity index is 485. The van der Waals surface area contributed by atoms with Gasteiger partial charge in [0.25, 0.3) is 0 Å². The molecule has 0 aliphatic heterocycles. The van der Waals surface area contributed by atoms with E-state index in [9.17, 15) is 9.90 Å². The highest BCUT2D eigenvalue weighted by molar-refractivity contribution is 5.75. The van der Waals surface area contributed by atoms with Gasteiger partial charge < -0.3 is 5.11 Å². The maximum Gasteiger partial charge on any atom is 0.309 e. The van der Waals surface area contributed by atoms with E-state index in [0.29, 0.717) is 6.42 Å². The molecule has 0 spiro atoms. The second-order valence-electron chi connectivity index (χ2n) is 6.91. The Labute approximate surface area is 128 Å². The van der Waals surface area contributed by atoms with Gasteiger partial charge in [0.05, 0.1) is 5.41 Å². The Morgan fingerprint density at radius 2 is 1.48 bits per heavy atom. The summed E-state index contributed by atoms with van der Waals surface area (Å²) in [7, 11) is 0. The van der Waals surface area contributed by atoms with Crippen LogP contribution in [0, 0.1) is 26.2 Å². The average molecular weight is 288 g/mol. The molecule has 1 aromatic rings. The maximum absolute atomic E-state index is 12.0. The summed E-state index contributed by atoms with van der Waals surface area (Å²) in [6.07, 6.45) is 8.08. The molecule has 0 atom stereocenters. The van der Waals surface area contributed by atoms with Gasteiger partial charge in [0.2, 0.25) is 0 Å². The minimum Gasteiger partial charge on any atom is -0.481 e. The number of hydrogen-bond donors (Lipinski definition) is 1. The van der Waals surface area contributed by atoms with E-state index in [-0.39, 0.29) is 0 Å². The SMILES string of the molecule is Cc1cc(C)c(CC2(C(=O)O)CCCCCCC2)c(C)c1. The van der Waals surface area contributed by atoms with E-state index >= 15 is 0 Å². The van der Waals surface area contributed by atoms with Gasteiger partial charge in [0.15, 0.2) is 0 Å². The van der Waals surface area contributed by atoms with Crippen LogP contribution in [-0.4, -0.2) is 11.1 Å².